The van der Waals surface area contributed by atoms with Gasteiger partial charge in [0.1, 0.15) is 5.82 Å². The molecular formula is C18H23FN4. The second kappa shape index (κ2) is 6.06. The quantitative estimate of drug-likeness (QED) is 0.915. The molecule has 2 aliphatic heterocycles. The minimum atomic E-state index is -0.206. The molecule has 4 rings (SSSR count). The summed E-state index contributed by atoms with van der Waals surface area (Å²) in [5, 5.41) is 10.8. The topological polar surface area (TPSA) is 44.0 Å². The zero-order valence-electron chi connectivity index (χ0n) is 13.3. The molecule has 0 aliphatic carbocycles. The van der Waals surface area contributed by atoms with Gasteiger partial charge in [-0.25, -0.2) is 4.39 Å². The summed E-state index contributed by atoms with van der Waals surface area (Å²) in [6, 6.07) is 6.62. The molecule has 0 radical (unpaired) electrons. The van der Waals surface area contributed by atoms with Gasteiger partial charge in [0.2, 0.25) is 0 Å². The molecule has 2 aliphatic rings. The predicted octanol–water partition coefficient (Wildman–Crippen LogP) is 2.79. The van der Waals surface area contributed by atoms with Crippen molar-refractivity contribution in [3.63, 3.8) is 0 Å². The lowest BCUT2D eigenvalue weighted by Crippen LogP contribution is -2.38. The molecule has 1 aromatic carbocycles. The lowest BCUT2D eigenvalue weighted by Gasteiger charge is -2.33. The van der Waals surface area contributed by atoms with Crippen molar-refractivity contribution in [2.75, 3.05) is 26.2 Å². The van der Waals surface area contributed by atoms with Crippen molar-refractivity contribution < 1.29 is 4.39 Å². The molecule has 0 saturated carbocycles. The summed E-state index contributed by atoms with van der Waals surface area (Å²) in [4.78, 5) is 2.54. The van der Waals surface area contributed by atoms with E-state index in [1.165, 1.54) is 43.5 Å². The maximum Gasteiger partial charge on any atom is 0.123 e. The molecule has 2 fully saturated rings. The maximum absolute atomic E-state index is 13.1. The molecule has 3 heterocycles. The number of rotatable bonds is 3. The van der Waals surface area contributed by atoms with Crippen molar-refractivity contribution in [2.45, 2.75) is 25.8 Å². The molecule has 1 aromatic heterocycles. The Balaban J connectivity index is 1.48. The molecule has 0 bridgehead atoms. The highest BCUT2D eigenvalue weighted by Gasteiger charge is 2.38. The number of benzene rings is 1. The molecule has 1 spiro atoms. The third kappa shape index (κ3) is 3.03. The van der Waals surface area contributed by atoms with Crippen molar-refractivity contribution >= 4 is 0 Å². The summed E-state index contributed by atoms with van der Waals surface area (Å²) in [6.45, 7) is 5.57. The average molecular weight is 314 g/mol. The molecule has 0 atom stereocenters. The third-order valence-corrected chi connectivity index (χ3v) is 5.43. The van der Waals surface area contributed by atoms with E-state index in [4.69, 9.17) is 0 Å². The first-order valence-electron chi connectivity index (χ1n) is 8.45. The first-order valence-corrected chi connectivity index (χ1v) is 8.45. The van der Waals surface area contributed by atoms with Crippen molar-refractivity contribution in [3.8, 4) is 11.3 Å². The van der Waals surface area contributed by atoms with Crippen LogP contribution in [0, 0.1) is 11.2 Å². The van der Waals surface area contributed by atoms with Crippen LogP contribution in [0.2, 0.25) is 0 Å². The Hall–Kier alpha value is -1.72. The molecule has 2 N–H and O–H groups in total. The molecule has 5 heteroatoms. The van der Waals surface area contributed by atoms with Gasteiger partial charge in [-0.3, -0.25) is 10.00 Å². The summed E-state index contributed by atoms with van der Waals surface area (Å²) in [5.41, 5.74) is 3.72. The van der Waals surface area contributed by atoms with Gasteiger partial charge in [0.25, 0.3) is 0 Å². The van der Waals surface area contributed by atoms with E-state index in [1.54, 1.807) is 0 Å². The normalized spacial score (nSPS) is 21.1. The number of likely N-dealkylation sites (tertiary alicyclic amines) is 1. The first kappa shape index (κ1) is 14.8. The van der Waals surface area contributed by atoms with Crippen LogP contribution < -0.4 is 5.32 Å². The second-order valence-corrected chi connectivity index (χ2v) is 6.99. The Morgan fingerprint density at radius 1 is 1.13 bits per heavy atom. The number of nitrogens with zero attached hydrogens (tertiary/aromatic N) is 2. The Morgan fingerprint density at radius 2 is 1.91 bits per heavy atom. The van der Waals surface area contributed by atoms with Crippen molar-refractivity contribution in [2.24, 2.45) is 5.41 Å². The minimum Gasteiger partial charge on any atom is -0.317 e. The van der Waals surface area contributed by atoms with Crippen molar-refractivity contribution in [3.05, 3.63) is 41.8 Å². The summed E-state index contributed by atoms with van der Waals surface area (Å²) >= 11 is 0. The second-order valence-electron chi connectivity index (χ2n) is 6.99. The van der Waals surface area contributed by atoms with E-state index in [2.05, 4.69) is 20.4 Å². The van der Waals surface area contributed by atoms with E-state index in [1.807, 2.05) is 18.3 Å². The molecule has 0 amide bonds. The van der Waals surface area contributed by atoms with Crippen LogP contribution in [0.3, 0.4) is 0 Å². The van der Waals surface area contributed by atoms with Gasteiger partial charge >= 0.3 is 0 Å². The number of hydrogen-bond donors (Lipinski definition) is 2. The first-order chi connectivity index (χ1) is 11.2. The molecule has 2 aromatic rings. The van der Waals surface area contributed by atoms with Crippen molar-refractivity contribution in [1.82, 2.24) is 20.4 Å². The van der Waals surface area contributed by atoms with Crippen LogP contribution in [0.15, 0.2) is 30.5 Å². The van der Waals surface area contributed by atoms with Gasteiger partial charge < -0.3 is 5.32 Å². The monoisotopic (exact) mass is 314 g/mol. The smallest absolute Gasteiger partial charge is 0.123 e. The van der Waals surface area contributed by atoms with Crippen LogP contribution >= 0.6 is 0 Å². The number of halogens is 1. The van der Waals surface area contributed by atoms with Crippen LogP contribution in [0.5, 0.6) is 0 Å². The number of H-pyrrole nitrogens is 1. The van der Waals surface area contributed by atoms with Crippen LogP contribution in [-0.4, -0.2) is 41.3 Å². The van der Waals surface area contributed by atoms with Gasteiger partial charge in [0, 0.05) is 24.2 Å². The standard InChI is InChI=1S/C18H23FN4/c19-16-3-1-14(2-4-16)17-15(11-21-22-17)12-23-10-7-18(13-23)5-8-20-9-6-18/h1-4,11,20H,5-10,12-13H2,(H,21,22). The predicted molar refractivity (Wildman–Crippen MR) is 88.4 cm³/mol. The molecular weight excluding hydrogens is 291 g/mol. The number of aromatic amines is 1. The van der Waals surface area contributed by atoms with Crippen LogP contribution in [0.1, 0.15) is 24.8 Å². The highest BCUT2D eigenvalue weighted by atomic mass is 19.1. The van der Waals surface area contributed by atoms with E-state index in [0.717, 1.165) is 37.4 Å². The number of hydrogen-bond acceptors (Lipinski definition) is 3. The Morgan fingerprint density at radius 3 is 2.70 bits per heavy atom. The minimum absolute atomic E-state index is 0.206. The van der Waals surface area contributed by atoms with Gasteiger partial charge in [-0.15, -0.1) is 0 Å². The zero-order chi connectivity index (χ0) is 15.7. The largest absolute Gasteiger partial charge is 0.317 e. The van der Waals surface area contributed by atoms with E-state index in [-0.39, 0.29) is 5.82 Å². The fraction of sp³-hybridized carbons (Fsp3) is 0.500. The Labute approximate surface area is 136 Å². The SMILES string of the molecule is Fc1ccc(-c2[nH]ncc2CN2CCC3(CCNCC3)C2)cc1. The average Bonchev–Trinajstić information content (AvgIpc) is 3.17. The van der Waals surface area contributed by atoms with E-state index < -0.39 is 0 Å². The van der Waals surface area contributed by atoms with Gasteiger partial charge in [-0.05, 0) is 68.6 Å². The summed E-state index contributed by atoms with van der Waals surface area (Å²) in [7, 11) is 0. The maximum atomic E-state index is 13.1. The number of aromatic nitrogens is 2. The Bertz CT molecular complexity index is 658. The summed E-state index contributed by atoms with van der Waals surface area (Å²) in [6.07, 6.45) is 5.80. The molecule has 122 valence electrons. The summed E-state index contributed by atoms with van der Waals surface area (Å²) in [5.74, 6) is -0.206. The zero-order valence-corrected chi connectivity index (χ0v) is 13.3. The lowest BCUT2D eigenvalue weighted by atomic mass is 9.78. The van der Waals surface area contributed by atoms with Crippen LogP contribution in [-0.2, 0) is 6.54 Å². The molecule has 23 heavy (non-hydrogen) atoms. The summed E-state index contributed by atoms with van der Waals surface area (Å²) < 4.78 is 13.1. The van der Waals surface area contributed by atoms with E-state index in [9.17, 15) is 4.39 Å². The van der Waals surface area contributed by atoms with Gasteiger partial charge in [0.05, 0.1) is 11.9 Å². The third-order valence-electron chi connectivity index (χ3n) is 5.43. The van der Waals surface area contributed by atoms with Gasteiger partial charge in [0.15, 0.2) is 0 Å². The molecule has 4 nitrogen and oxygen atoms in total. The highest BCUT2D eigenvalue weighted by Crippen LogP contribution is 2.39. The van der Waals surface area contributed by atoms with Crippen LogP contribution in [0.25, 0.3) is 11.3 Å². The van der Waals surface area contributed by atoms with E-state index >= 15 is 0 Å². The highest BCUT2D eigenvalue weighted by molar-refractivity contribution is 5.62. The molecule has 2 saturated heterocycles. The Kier molecular flexibility index (Phi) is 3.91. The number of piperidine rings is 1. The fourth-order valence-electron chi connectivity index (χ4n) is 4.07. The van der Waals surface area contributed by atoms with Gasteiger partial charge in [-0.1, -0.05) is 0 Å². The van der Waals surface area contributed by atoms with Crippen LogP contribution in [0.4, 0.5) is 4.39 Å². The lowest BCUT2D eigenvalue weighted by molar-refractivity contribution is 0.194. The van der Waals surface area contributed by atoms with Gasteiger partial charge in [-0.2, -0.15) is 5.10 Å². The number of nitrogens with one attached hydrogen (secondary N) is 2. The van der Waals surface area contributed by atoms with Crippen molar-refractivity contribution in [1.29, 1.82) is 0 Å². The molecule has 0 unspecified atom stereocenters. The fourth-order valence-corrected chi connectivity index (χ4v) is 4.07. The van der Waals surface area contributed by atoms with E-state index in [0.29, 0.717) is 5.41 Å².